The first-order valence-corrected chi connectivity index (χ1v) is 9.50. The first-order valence-electron chi connectivity index (χ1n) is 9.50. The van der Waals surface area contributed by atoms with Gasteiger partial charge in [0.15, 0.2) is 11.5 Å². The molecule has 1 saturated heterocycles. The fraction of sp³-hybridized carbons (Fsp3) is 0.350. The Bertz CT molecular complexity index is 1000. The van der Waals surface area contributed by atoms with Crippen LogP contribution in [-0.4, -0.2) is 33.4 Å². The van der Waals surface area contributed by atoms with Gasteiger partial charge in [0.1, 0.15) is 0 Å². The normalized spacial score (nSPS) is 19.6. The molecule has 138 valence electrons. The molecule has 1 aromatic carbocycles. The van der Waals surface area contributed by atoms with Crippen molar-refractivity contribution in [3.63, 3.8) is 0 Å². The highest BCUT2D eigenvalue weighted by atomic mass is 16.1. The van der Waals surface area contributed by atoms with Gasteiger partial charge in [0.2, 0.25) is 5.91 Å². The van der Waals surface area contributed by atoms with Crippen molar-refractivity contribution in [2.24, 2.45) is 0 Å². The molecule has 0 radical (unpaired) electrons. The van der Waals surface area contributed by atoms with Gasteiger partial charge in [-0.2, -0.15) is 0 Å². The average molecular weight is 362 g/mol. The number of nitrogens with one attached hydrogen (secondary N) is 3. The van der Waals surface area contributed by atoms with E-state index in [-0.39, 0.29) is 5.91 Å². The van der Waals surface area contributed by atoms with Crippen molar-refractivity contribution in [2.75, 3.05) is 23.7 Å². The minimum absolute atomic E-state index is 0.0791. The topological polar surface area (TPSA) is 83.4 Å². The summed E-state index contributed by atoms with van der Waals surface area (Å²) < 4.78 is 2.02. The third kappa shape index (κ3) is 3.14. The second kappa shape index (κ2) is 6.66. The van der Waals surface area contributed by atoms with Gasteiger partial charge in [-0.25, -0.2) is 9.97 Å². The van der Waals surface area contributed by atoms with Crippen molar-refractivity contribution in [2.45, 2.75) is 31.6 Å². The number of aryl methyl sites for hydroxylation is 1. The summed E-state index contributed by atoms with van der Waals surface area (Å²) in [5, 5.41) is 9.83. The Kier molecular flexibility index (Phi) is 4.01. The van der Waals surface area contributed by atoms with E-state index in [0.29, 0.717) is 12.3 Å². The molecule has 0 spiro atoms. The largest absolute Gasteiger partial charge is 0.337 e. The molecule has 1 amide bonds. The number of hydrogen-bond donors (Lipinski definition) is 3. The Morgan fingerprint density at radius 3 is 3.11 bits per heavy atom. The number of amides is 1. The van der Waals surface area contributed by atoms with Crippen LogP contribution in [0.3, 0.4) is 0 Å². The second-order valence-electron chi connectivity index (χ2n) is 7.26. The van der Waals surface area contributed by atoms with Crippen LogP contribution in [0.5, 0.6) is 0 Å². The summed E-state index contributed by atoms with van der Waals surface area (Å²) >= 11 is 0. The van der Waals surface area contributed by atoms with Crippen LogP contribution in [-0.2, 0) is 11.2 Å². The number of fused-ring (bicyclic) bond motifs is 2. The lowest BCUT2D eigenvalue weighted by molar-refractivity contribution is -0.116. The Morgan fingerprint density at radius 2 is 2.22 bits per heavy atom. The molecule has 2 aromatic heterocycles. The smallest absolute Gasteiger partial charge is 0.224 e. The van der Waals surface area contributed by atoms with Gasteiger partial charge in [-0.15, -0.1) is 0 Å². The van der Waals surface area contributed by atoms with E-state index >= 15 is 0 Å². The molecule has 2 aliphatic rings. The molecule has 1 unspecified atom stereocenters. The molecule has 3 aromatic rings. The van der Waals surface area contributed by atoms with Crippen molar-refractivity contribution in [1.82, 2.24) is 19.7 Å². The number of rotatable bonds is 3. The van der Waals surface area contributed by atoms with Gasteiger partial charge < -0.3 is 20.4 Å². The van der Waals surface area contributed by atoms with Crippen LogP contribution in [0.25, 0.3) is 5.65 Å². The van der Waals surface area contributed by atoms with Crippen LogP contribution in [0.15, 0.2) is 36.8 Å². The van der Waals surface area contributed by atoms with E-state index < -0.39 is 0 Å². The number of carbonyl (C=O) groups is 1. The van der Waals surface area contributed by atoms with Crippen molar-refractivity contribution in [3.8, 4) is 0 Å². The van der Waals surface area contributed by atoms with Crippen LogP contribution in [0, 0.1) is 0 Å². The molecule has 2 aliphatic heterocycles. The summed E-state index contributed by atoms with van der Waals surface area (Å²) in [5.74, 6) is 1.24. The second-order valence-corrected chi connectivity index (χ2v) is 7.26. The molecule has 5 rings (SSSR count). The first-order chi connectivity index (χ1) is 13.3. The highest BCUT2D eigenvalue weighted by Crippen LogP contribution is 2.29. The van der Waals surface area contributed by atoms with E-state index in [1.165, 1.54) is 5.56 Å². The molecule has 0 saturated carbocycles. The quantitative estimate of drug-likeness (QED) is 0.667. The number of carbonyl (C=O) groups excluding carboxylic acids is 1. The van der Waals surface area contributed by atoms with E-state index in [9.17, 15) is 4.79 Å². The monoisotopic (exact) mass is 362 g/mol. The SMILES string of the molecule is O=C1CCCc2ccc(Nc3nc(C4CCNC4)cn4ccnc34)cc2N1. The molecule has 7 nitrogen and oxygen atoms in total. The lowest BCUT2D eigenvalue weighted by atomic mass is 10.1. The summed E-state index contributed by atoms with van der Waals surface area (Å²) in [6.07, 6.45) is 9.28. The molecule has 7 heteroatoms. The van der Waals surface area contributed by atoms with Gasteiger partial charge in [0.05, 0.1) is 5.69 Å². The Labute approximate surface area is 157 Å². The number of benzene rings is 1. The van der Waals surface area contributed by atoms with Crippen LogP contribution in [0.4, 0.5) is 17.2 Å². The summed E-state index contributed by atoms with van der Waals surface area (Å²) in [7, 11) is 0. The van der Waals surface area contributed by atoms with E-state index in [0.717, 1.165) is 60.9 Å². The van der Waals surface area contributed by atoms with E-state index in [1.807, 2.05) is 22.7 Å². The average Bonchev–Trinajstić information content (AvgIpc) is 3.31. The van der Waals surface area contributed by atoms with E-state index in [4.69, 9.17) is 4.98 Å². The minimum Gasteiger partial charge on any atom is -0.337 e. The lowest BCUT2D eigenvalue weighted by Crippen LogP contribution is -2.11. The van der Waals surface area contributed by atoms with E-state index in [2.05, 4.69) is 33.2 Å². The zero-order chi connectivity index (χ0) is 18.2. The molecular formula is C20H22N6O. The third-order valence-corrected chi connectivity index (χ3v) is 5.37. The minimum atomic E-state index is 0.0791. The van der Waals surface area contributed by atoms with Crippen LogP contribution in [0.2, 0.25) is 0 Å². The predicted molar refractivity (Wildman–Crippen MR) is 105 cm³/mol. The number of imidazole rings is 1. The maximum atomic E-state index is 11.9. The fourth-order valence-electron chi connectivity index (χ4n) is 3.92. The van der Waals surface area contributed by atoms with Crippen molar-refractivity contribution >= 4 is 28.7 Å². The zero-order valence-corrected chi connectivity index (χ0v) is 15.0. The summed E-state index contributed by atoms with van der Waals surface area (Å²) in [4.78, 5) is 21.2. The Balaban J connectivity index is 1.51. The number of hydrogen-bond acceptors (Lipinski definition) is 5. The highest BCUT2D eigenvalue weighted by molar-refractivity contribution is 5.93. The van der Waals surface area contributed by atoms with Crippen LogP contribution in [0.1, 0.15) is 36.4 Å². The zero-order valence-electron chi connectivity index (χ0n) is 15.0. The van der Waals surface area contributed by atoms with Crippen molar-refractivity contribution in [1.29, 1.82) is 0 Å². The number of anilines is 3. The van der Waals surface area contributed by atoms with E-state index in [1.54, 1.807) is 6.20 Å². The maximum Gasteiger partial charge on any atom is 0.224 e. The van der Waals surface area contributed by atoms with Gasteiger partial charge in [-0.3, -0.25) is 4.79 Å². The highest BCUT2D eigenvalue weighted by Gasteiger charge is 2.20. The molecule has 0 bridgehead atoms. The van der Waals surface area contributed by atoms with Gasteiger partial charge in [0.25, 0.3) is 0 Å². The number of aromatic nitrogens is 3. The van der Waals surface area contributed by atoms with Crippen LogP contribution >= 0.6 is 0 Å². The Morgan fingerprint density at radius 1 is 1.26 bits per heavy atom. The molecule has 0 aliphatic carbocycles. The lowest BCUT2D eigenvalue weighted by Gasteiger charge is -2.14. The van der Waals surface area contributed by atoms with Crippen LogP contribution < -0.4 is 16.0 Å². The third-order valence-electron chi connectivity index (χ3n) is 5.37. The van der Waals surface area contributed by atoms with Gasteiger partial charge >= 0.3 is 0 Å². The molecular weight excluding hydrogens is 340 g/mol. The van der Waals surface area contributed by atoms with Gasteiger partial charge in [-0.1, -0.05) is 6.07 Å². The first kappa shape index (κ1) is 16.3. The molecule has 1 fully saturated rings. The summed E-state index contributed by atoms with van der Waals surface area (Å²) in [5.41, 5.74) is 4.82. The molecule has 4 heterocycles. The van der Waals surface area contributed by atoms with Crippen molar-refractivity contribution in [3.05, 3.63) is 48.0 Å². The summed E-state index contributed by atoms with van der Waals surface area (Å²) in [6.45, 7) is 1.99. The molecule has 3 N–H and O–H groups in total. The predicted octanol–water partition coefficient (Wildman–Crippen LogP) is 2.82. The van der Waals surface area contributed by atoms with Crippen molar-refractivity contribution < 1.29 is 4.79 Å². The number of nitrogens with zero attached hydrogens (tertiary/aromatic N) is 3. The summed E-state index contributed by atoms with van der Waals surface area (Å²) in [6, 6.07) is 6.11. The molecule has 1 atom stereocenters. The molecule has 27 heavy (non-hydrogen) atoms. The standard InChI is InChI=1S/C20H22N6O/c27-18-3-1-2-13-4-5-15(10-16(13)24-18)23-19-20-22-8-9-26(20)12-17(25-19)14-6-7-21-11-14/h4-5,8-10,12,14,21H,1-3,6-7,11H2,(H,23,25)(H,24,27). The van der Waals surface area contributed by atoms with Gasteiger partial charge in [-0.05, 0) is 43.5 Å². The Hall–Kier alpha value is -2.93. The maximum absolute atomic E-state index is 11.9. The van der Waals surface area contributed by atoms with Gasteiger partial charge in [0, 0.05) is 48.8 Å². The fourth-order valence-corrected chi connectivity index (χ4v) is 3.92.